The molecule has 2 aromatic heterocycles. The van der Waals surface area contributed by atoms with Crippen molar-refractivity contribution in [2.75, 3.05) is 7.05 Å². The number of rotatable bonds is 4. The fourth-order valence-electron chi connectivity index (χ4n) is 2.09. The Balaban J connectivity index is 2.20. The lowest BCUT2D eigenvalue weighted by molar-refractivity contribution is 0.489. The number of nitrogens with zero attached hydrogens (tertiary/aromatic N) is 1. The van der Waals surface area contributed by atoms with Crippen molar-refractivity contribution in [3.05, 3.63) is 53.2 Å². The largest absolute Gasteiger partial charge is 0.466 e. The van der Waals surface area contributed by atoms with Crippen LogP contribution < -0.4 is 5.32 Å². The van der Waals surface area contributed by atoms with Crippen molar-refractivity contribution in [3.63, 3.8) is 0 Å². The lowest BCUT2D eigenvalue weighted by Crippen LogP contribution is -2.19. The van der Waals surface area contributed by atoms with Crippen LogP contribution in [0.15, 0.2) is 34.9 Å². The Bertz CT molecular complexity index is 476. The van der Waals surface area contributed by atoms with Crippen molar-refractivity contribution in [3.8, 4) is 0 Å². The van der Waals surface area contributed by atoms with Gasteiger partial charge in [0.25, 0.3) is 0 Å². The zero-order valence-electron chi connectivity index (χ0n) is 10.5. The Hall–Kier alpha value is -1.61. The van der Waals surface area contributed by atoms with Crippen LogP contribution in [0.1, 0.15) is 28.8 Å². The molecule has 0 aliphatic carbocycles. The average molecular weight is 230 g/mol. The quantitative estimate of drug-likeness (QED) is 0.877. The predicted octanol–water partition coefficient (Wildman–Crippen LogP) is 2.79. The lowest BCUT2D eigenvalue weighted by atomic mass is 10.0. The van der Waals surface area contributed by atoms with Gasteiger partial charge >= 0.3 is 0 Å². The summed E-state index contributed by atoms with van der Waals surface area (Å²) in [5, 5.41) is 3.32. The van der Waals surface area contributed by atoms with Gasteiger partial charge in [0.1, 0.15) is 11.5 Å². The van der Waals surface area contributed by atoms with Gasteiger partial charge in [0.05, 0.1) is 0 Å². The first-order valence-corrected chi connectivity index (χ1v) is 5.85. The van der Waals surface area contributed by atoms with Crippen LogP contribution in [0, 0.1) is 13.8 Å². The maximum Gasteiger partial charge on any atom is 0.105 e. The molecule has 1 unspecified atom stereocenters. The summed E-state index contributed by atoms with van der Waals surface area (Å²) >= 11 is 0. The van der Waals surface area contributed by atoms with Gasteiger partial charge in [0.2, 0.25) is 0 Å². The van der Waals surface area contributed by atoms with Gasteiger partial charge in [-0.25, -0.2) is 0 Å². The Morgan fingerprint density at radius 3 is 2.71 bits per heavy atom. The standard InChI is InChI=1S/C14H18N2O/c1-10-8-13(11(2)17-10)14(15-3)9-12-6-4-5-7-16-12/h4-8,14-15H,9H2,1-3H3. The van der Waals surface area contributed by atoms with Crippen LogP contribution in [0.25, 0.3) is 0 Å². The van der Waals surface area contributed by atoms with Crippen molar-refractivity contribution in [1.29, 1.82) is 0 Å². The average Bonchev–Trinajstić information content (AvgIpc) is 2.67. The molecule has 0 bridgehead atoms. The number of aromatic nitrogens is 1. The molecule has 0 aromatic carbocycles. The fourth-order valence-corrected chi connectivity index (χ4v) is 2.09. The van der Waals surface area contributed by atoms with Crippen molar-refractivity contribution in [2.45, 2.75) is 26.3 Å². The van der Waals surface area contributed by atoms with Gasteiger partial charge in [-0.15, -0.1) is 0 Å². The molecule has 1 atom stereocenters. The van der Waals surface area contributed by atoms with Crippen LogP contribution in [0.3, 0.4) is 0 Å². The van der Waals surface area contributed by atoms with Crippen molar-refractivity contribution in [1.82, 2.24) is 10.3 Å². The molecule has 1 N–H and O–H groups in total. The summed E-state index contributed by atoms with van der Waals surface area (Å²) in [6.45, 7) is 3.98. The van der Waals surface area contributed by atoms with Gasteiger partial charge in [0, 0.05) is 29.9 Å². The maximum atomic E-state index is 5.57. The number of hydrogen-bond donors (Lipinski definition) is 1. The molecule has 0 aliphatic rings. The summed E-state index contributed by atoms with van der Waals surface area (Å²) in [7, 11) is 1.97. The molecule has 0 saturated heterocycles. The molecule has 2 heterocycles. The molecule has 2 aromatic rings. The summed E-state index contributed by atoms with van der Waals surface area (Å²) in [5.74, 6) is 1.94. The molecule has 0 saturated carbocycles. The predicted molar refractivity (Wildman–Crippen MR) is 67.9 cm³/mol. The third-order valence-corrected chi connectivity index (χ3v) is 2.94. The van der Waals surface area contributed by atoms with Crippen LogP contribution in [0.5, 0.6) is 0 Å². The first kappa shape index (κ1) is 11.9. The third kappa shape index (κ3) is 2.74. The highest BCUT2D eigenvalue weighted by Gasteiger charge is 2.16. The normalized spacial score (nSPS) is 12.6. The molecule has 3 nitrogen and oxygen atoms in total. The zero-order valence-corrected chi connectivity index (χ0v) is 10.5. The van der Waals surface area contributed by atoms with E-state index in [1.807, 2.05) is 45.3 Å². The monoisotopic (exact) mass is 230 g/mol. The van der Waals surface area contributed by atoms with E-state index in [2.05, 4.69) is 16.4 Å². The van der Waals surface area contributed by atoms with Crippen LogP contribution in [0.4, 0.5) is 0 Å². The molecular weight excluding hydrogens is 212 g/mol. The lowest BCUT2D eigenvalue weighted by Gasteiger charge is -2.14. The molecule has 0 amide bonds. The second-order valence-electron chi connectivity index (χ2n) is 4.24. The number of nitrogens with one attached hydrogen (secondary N) is 1. The second-order valence-corrected chi connectivity index (χ2v) is 4.24. The van der Waals surface area contributed by atoms with Crippen molar-refractivity contribution >= 4 is 0 Å². The van der Waals surface area contributed by atoms with Gasteiger partial charge in [-0.05, 0) is 39.1 Å². The molecule has 0 radical (unpaired) electrons. The minimum Gasteiger partial charge on any atom is -0.466 e. The first-order chi connectivity index (χ1) is 8.20. The molecular formula is C14H18N2O. The highest BCUT2D eigenvalue weighted by molar-refractivity contribution is 5.25. The van der Waals surface area contributed by atoms with Gasteiger partial charge in [-0.1, -0.05) is 6.07 Å². The molecule has 90 valence electrons. The molecule has 17 heavy (non-hydrogen) atoms. The second kappa shape index (κ2) is 5.15. The van der Waals surface area contributed by atoms with Crippen molar-refractivity contribution in [2.24, 2.45) is 0 Å². The topological polar surface area (TPSA) is 38.1 Å². The highest BCUT2D eigenvalue weighted by Crippen LogP contribution is 2.23. The summed E-state index contributed by atoms with van der Waals surface area (Å²) in [5.41, 5.74) is 2.31. The minimum atomic E-state index is 0.252. The number of furan rings is 1. The SMILES string of the molecule is CNC(Cc1ccccn1)c1cc(C)oc1C. The summed E-state index contributed by atoms with van der Waals surface area (Å²) < 4.78 is 5.57. The van der Waals surface area contributed by atoms with E-state index in [4.69, 9.17) is 4.42 Å². The fraction of sp³-hybridized carbons (Fsp3) is 0.357. The van der Waals surface area contributed by atoms with E-state index in [1.165, 1.54) is 5.56 Å². The summed E-state index contributed by atoms with van der Waals surface area (Å²) in [6, 6.07) is 8.35. The summed E-state index contributed by atoms with van der Waals surface area (Å²) in [4.78, 5) is 4.36. The van der Waals surface area contributed by atoms with E-state index in [0.717, 1.165) is 23.6 Å². The van der Waals surface area contributed by atoms with E-state index < -0.39 is 0 Å². The number of aryl methyl sites for hydroxylation is 2. The maximum absolute atomic E-state index is 5.57. The smallest absolute Gasteiger partial charge is 0.105 e. The molecule has 0 fully saturated rings. The Labute approximate surface area is 102 Å². The number of hydrogen-bond acceptors (Lipinski definition) is 3. The van der Waals surface area contributed by atoms with Crippen LogP contribution in [-0.2, 0) is 6.42 Å². The van der Waals surface area contributed by atoms with Gasteiger partial charge in [-0.3, -0.25) is 4.98 Å². The zero-order chi connectivity index (χ0) is 12.3. The Kier molecular flexibility index (Phi) is 3.59. The van der Waals surface area contributed by atoms with Crippen LogP contribution in [-0.4, -0.2) is 12.0 Å². The van der Waals surface area contributed by atoms with Crippen LogP contribution in [0.2, 0.25) is 0 Å². The van der Waals surface area contributed by atoms with Gasteiger partial charge < -0.3 is 9.73 Å². The molecule has 0 aliphatic heterocycles. The highest BCUT2D eigenvalue weighted by atomic mass is 16.3. The Morgan fingerprint density at radius 2 is 2.18 bits per heavy atom. The van der Waals surface area contributed by atoms with Gasteiger partial charge in [-0.2, -0.15) is 0 Å². The van der Waals surface area contributed by atoms with Crippen LogP contribution >= 0.6 is 0 Å². The number of pyridine rings is 1. The molecule has 2 rings (SSSR count). The molecule has 3 heteroatoms. The summed E-state index contributed by atoms with van der Waals surface area (Å²) in [6.07, 6.45) is 2.70. The van der Waals surface area contributed by atoms with E-state index in [0.29, 0.717) is 0 Å². The van der Waals surface area contributed by atoms with E-state index in [1.54, 1.807) is 0 Å². The minimum absolute atomic E-state index is 0.252. The van der Waals surface area contributed by atoms with Crippen molar-refractivity contribution < 1.29 is 4.42 Å². The van der Waals surface area contributed by atoms with Gasteiger partial charge in [0.15, 0.2) is 0 Å². The van der Waals surface area contributed by atoms with E-state index >= 15 is 0 Å². The number of likely N-dealkylation sites (N-methyl/N-ethyl adjacent to an activating group) is 1. The van der Waals surface area contributed by atoms with E-state index in [9.17, 15) is 0 Å². The van der Waals surface area contributed by atoms with E-state index in [-0.39, 0.29) is 6.04 Å². The third-order valence-electron chi connectivity index (χ3n) is 2.94. The first-order valence-electron chi connectivity index (χ1n) is 5.85. The molecule has 0 spiro atoms. The Morgan fingerprint density at radius 1 is 1.35 bits per heavy atom.